The lowest BCUT2D eigenvalue weighted by atomic mass is 10.1. The van der Waals surface area contributed by atoms with Gasteiger partial charge in [0.15, 0.2) is 0 Å². The molecule has 17 heavy (non-hydrogen) atoms. The Hall–Kier alpha value is -2.17. The van der Waals surface area contributed by atoms with Crippen LogP contribution in [0.25, 0.3) is 11.1 Å². The number of non-ortho nitro benzene ring substituents is 1. The highest BCUT2D eigenvalue weighted by atomic mass is 16.6. The highest BCUT2D eigenvalue weighted by Crippen LogP contribution is 2.22. The quantitative estimate of drug-likeness (QED) is 0.602. The molecule has 0 unspecified atom stereocenters. The molecule has 1 aromatic heterocycles. The third-order valence-electron chi connectivity index (χ3n) is 2.54. The topological polar surface area (TPSA) is 61.0 Å². The van der Waals surface area contributed by atoms with E-state index in [1.54, 1.807) is 18.3 Å². The van der Waals surface area contributed by atoms with Gasteiger partial charge in [-0.1, -0.05) is 0 Å². The molecule has 5 heteroatoms. The zero-order chi connectivity index (χ0) is 12.4. The van der Waals surface area contributed by atoms with E-state index in [0.29, 0.717) is 6.04 Å². The number of aromatic nitrogens is 2. The molecule has 0 amide bonds. The van der Waals surface area contributed by atoms with Crippen LogP contribution in [0.15, 0.2) is 36.7 Å². The Bertz CT molecular complexity index is 529. The van der Waals surface area contributed by atoms with E-state index in [2.05, 4.69) is 5.10 Å². The maximum atomic E-state index is 10.5. The number of benzene rings is 1. The minimum Gasteiger partial charge on any atom is -0.270 e. The first-order valence-electron chi connectivity index (χ1n) is 5.37. The van der Waals surface area contributed by atoms with Crippen molar-refractivity contribution in [3.05, 3.63) is 46.8 Å². The summed E-state index contributed by atoms with van der Waals surface area (Å²) in [5, 5.41) is 14.8. The summed E-state index contributed by atoms with van der Waals surface area (Å²) in [6, 6.07) is 6.78. The summed E-state index contributed by atoms with van der Waals surface area (Å²) < 4.78 is 1.86. The fourth-order valence-electron chi connectivity index (χ4n) is 1.55. The molecule has 0 radical (unpaired) electrons. The van der Waals surface area contributed by atoms with Crippen molar-refractivity contribution in [2.45, 2.75) is 19.9 Å². The molecule has 0 saturated carbocycles. The van der Waals surface area contributed by atoms with Gasteiger partial charge < -0.3 is 0 Å². The summed E-state index contributed by atoms with van der Waals surface area (Å²) in [4.78, 5) is 10.1. The van der Waals surface area contributed by atoms with Gasteiger partial charge in [0.2, 0.25) is 0 Å². The van der Waals surface area contributed by atoms with Crippen molar-refractivity contribution in [2.75, 3.05) is 0 Å². The first-order chi connectivity index (χ1) is 8.08. The summed E-state index contributed by atoms with van der Waals surface area (Å²) >= 11 is 0. The second kappa shape index (κ2) is 4.37. The van der Waals surface area contributed by atoms with Gasteiger partial charge in [-0.05, 0) is 31.5 Å². The Labute approximate surface area is 98.8 Å². The van der Waals surface area contributed by atoms with Crippen LogP contribution in [-0.2, 0) is 0 Å². The molecule has 0 saturated heterocycles. The van der Waals surface area contributed by atoms with E-state index in [9.17, 15) is 10.1 Å². The van der Waals surface area contributed by atoms with Crippen LogP contribution in [0.2, 0.25) is 0 Å². The lowest BCUT2D eigenvalue weighted by molar-refractivity contribution is -0.384. The second-order valence-electron chi connectivity index (χ2n) is 4.11. The Morgan fingerprint density at radius 1 is 1.24 bits per heavy atom. The molecule has 2 rings (SSSR count). The zero-order valence-electron chi connectivity index (χ0n) is 9.70. The fraction of sp³-hybridized carbons (Fsp3) is 0.250. The lowest BCUT2D eigenvalue weighted by Crippen LogP contribution is -1.99. The predicted octanol–water partition coefficient (Wildman–Crippen LogP) is 3.04. The molecule has 0 N–H and O–H groups in total. The third kappa shape index (κ3) is 2.33. The van der Waals surface area contributed by atoms with Crippen LogP contribution in [0.5, 0.6) is 0 Å². The van der Waals surface area contributed by atoms with Crippen molar-refractivity contribution in [3.8, 4) is 11.1 Å². The Balaban J connectivity index is 2.30. The van der Waals surface area contributed by atoms with Crippen LogP contribution in [0.3, 0.4) is 0 Å². The van der Waals surface area contributed by atoms with E-state index >= 15 is 0 Å². The van der Waals surface area contributed by atoms with Crippen molar-refractivity contribution < 1.29 is 4.92 Å². The molecule has 0 atom stereocenters. The van der Waals surface area contributed by atoms with E-state index in [-0.39, 0.29) is 5.69 Å². The van der Waals surface area contributed by atoms with E-state index in [0.717, 1.165) is 11.1 Å². The summed E-state index contributed by atoms with van der Waals surface area (Å²) in [6.45, 7) is 4.10. The molecule has 1 heterocycles. The smallest absolute Gasteiger partial charge is 0.269 e. The standard InChI is InChI=1S/C12H13N3O2/c1-9(2)14-8-11(7-13-14)10-3-5-12(6-4-10)15(16)17/h3-9H,1-2H3. The minimum atomic E-state index is -0.401. The largest absolute Gasteiger partial charge is 0.270 e. The summed E-state index contributed by atoms with van der Waals surface area (Å²) in [7, 11) is 0. The van der Waals surface area contributed by atoms with Crippen LogP contribution >= 0.6 is 0 Å². The van der Waals surface area contributed by atoms with Crippen LogP contribution < -0.4 is 0 Å². The lowest BCUT2D eigenvalue weighted by Gasteiger charge is -2.03. The molecule has 5 nitrogen and oxygen atoms in total. The van der Waals surface area contributed by atoms with Crippen LogP contribution in [0.4, 0.5) is 5.69 Å². The zero-order valence-corrected chi connectivity index (χ0v) is 9.70. The summed E-state index contributed by atoms with van der Waals surface area (Å²) in [5.74, 6) is 0. The van der Waals surface area contributed by atoms with Gasteiger partial charge in [0.05, 0.1) is 11.1 Å². The molecule has 0 fully saturated rings. The van der Waals surface area contributed by atoms with Crippen LogP contribution in [-0.4, -0.2) is 14.7 Å². The van der Waals surface area contributed by atoms with Gasteiger partial charge in [0.1, 0.15) is 0 Å². The van der Waals surface area contributed by atoms with Gasteiger partial charge in [0.25, 0.3) is 5.69 Å². The number of nitro benzene ring substituents is 1. The molecule has 0 aliphatic carbocycles. The number of rotatable bonds is 3. The van der Waals surface area contributed by atoms with Crippen molar-refractivity contribution in [3.63, 3.8) is 0 Å². The molecule has 0 bridgehead atoms. The Kier molecular flexibility index (Phi) is 2.91. The van der Waals surface area contributed by atoms with Gasteiger partial charge in [-0.2, -0.15) is 5.10 Å². The van der Waals surface area contributed by atoms with Crippen molar-refractivity contribution in [2.24, 2.45) is 0 Å². The SMILES string of the molecule is CC(C)n1cc(-c2ccc([N+](=O)[O-])cc2)cn1. The average Bonchev–Trinajstić information content (AvgIpc) is 2.78. The van der Waals surface area contributed by atoms with Crippen molar-refractivity contribution in [1.82, 2.24) is 9.78 Å². The van der Waals surface area contributed by atoms with Gasteiger partial charge in [0, 0.05) is 29.9 Å². The van der Waals surface area contributed by atoms with Gasteiger partial charge in [-0.25, -0.2) is 0 Å². The number of nitrogens with zero attached hydrogens (tertiary/aromatic N) is 3. The first kappa shape index (κ1) is 11.3. The molecule has 0 spiro atoms. The maximum Gasteiger partial charge on any atom is 0.269 e. The monoisotopic (exact) mass is 231 g/mol. The Morgan fingerprint density at radius 2 is 1.88 bits per heavy atom. The van der Waals surface area contributed by atoms with E-state index < -0.39 is 4.92 Å². The maximum absolute atomic E-state index is 10.5. The van der Waals surface area contributed by atoms with Gasteiger partial charge >= 0.3 is 0 Å². The Morgan fingerprint density at radius 3 is 2.35 bits per heavy atom. The van der Waals surface area contributed by atoms with Gasteiger partial charge in [-0.3, -0.25) is 14.8 Å². The van der Waals surface area contributed by atoms with E-state index in [1.165, 1.54) is 12.1 Å². The summed E-state index contributed by atoms with van der Waals surface area (Å²) in [5.41, 5.74) is 2.00. The van der Waals surface area contributed by atoms with E-state index in [4.69, 9.17) is 0 Å². The average molecular weight is 231 g/mol. The molecule has 0 aliphatic rings. The molecular weight excluding hydrogens is 218 g/mol. The van der Waals surface area contributed by atoms with Gasteiger partial charge in [-0.15, -0.1) is 0 Å². The number of nitro groups is 1. The molecule has 2 aromatic rings. The minimum absolute atomic E-state index is 0.102. The highest BCUT2D eigenvalue weighted by Gasteiger charge is 2.07. The van der Waals surface area contributed by atoms with Crippen molar-refractivity contribution in [1.29, 1.82) is 0 Å². The predicted molar refractivity (Wildman–Crippen MR) is 64.7 cm³/mol. The molecule has 88 valence electrons. The summed E-state index contributed by atoms with van der Waals surface area (Å²) in [6.07, 6.45) is 3.70. The first-order valence-corrected chi connectivity index (χ1v) is 5.37. The number of hydrogen-bond acceptors (Lipinski definition) is 3. The second-order valence-corrected chi connectivity index (χ2v) is 4.11. The fourth-order valence-corrected chi connectivity index (χ4v) is 1.55. The molecular formula is C12H13N3O2. The number of hydrogen-bond donors (Lipinski definition) is 0. The van der Waals surface area contributed by atoms with E-state index in [1.807, 2.05) is 24.7 Å². The third-order valence-corrected chi connectivity index (χ3v) is 2.54. The molecule has 1 aromatic carbocycles. The normalized spacial score (nSPS) is 10.8. The molecule has 0 aliphatic heterocycles. The highest BCUT2D eigenvalue weighted by molar-refractivity contribution is 5.63. The van der Waals surface area contributed by atoms with Crippen LogP contribution in [0.1, 0.15) is 19.9 Å². The van der Waals surface area contributed by atoms with Crippen LogP contribution in [0, 0.1) is 10.1 Å². The van der Waals surface area contributed by atoms with Crippen molar-refractivity contribution >= 4 is 5.69 Å².